The van der Waals surface area contributed by atoms with E-state index in [1.165, 1.54) is 6.42 Å². The number of benzene rings is 1. The average Bonchev–Trinajstić information content (AvgIpc) is 2.99. The SMILES string of the molecule is Cc1c(CNC(=O)Nc2ccc(OC[C@@H]3CCCCO3)cc2)cnn1C. The zero-order valence-electron chi connectivity index (χ0n) is 15.3. The van der Waals surface area contributed by atoms with Crippen molar-refractivity contribution in [3.05, 3.63) is 41.7 Å². The van der Waals surface area contributed by atoms with E-state index >= 15 is 0 Å². The predicted molar refractivity (Wildman–Crippen MR) is 99.3 cm³/mol. The highest BCUT2D eigenvalue weighted by Gasteiger charge is 2.14. The van der Waals surface area contributed by atoms with Crippen LogP contribution in [0.1, 0.15) is 30.5 Å². The van der Waals surface area contributed by atoms with E-state index in [9.17, 15) is 4.79 Å². The first-order valence-electron chi connectivity index (χ1n) is 8.98. The van der Waals surface area contributed by atoms with Gasteiger partial charge in [-0.1, -0.05) is 0 Å². The fourth-order valence-electron chi connectivity index (χ4n) is 2.83. The van der Waals surface area contributed by atoms with Crippen LogP contribution in [-0.2, 0) is 18.3 Å². The molecule has 2 amide bonds. The van der Waals surface area contributed by atoms with Crippen molar-refractivity contribution < 1.29 is 14.3 Å². The topological polar surface area (TPSA) is 77.4 Å². The molecule has 2 aromatic rings. The molecule has 2 heterocycles. The Morgan fingerprint density at radius 1 is 1.35 bits per heavy atom. The Morgan fingerprint density at radius 3 is 2.81 bits per heavy atom. The molecule has 26 heavy (non-hydrogen) atoms. The molecule has 0 bridgehead atoms. The zero-order valence-corrected chi connectivity index (χ0v) is 15.3. The molecule has 1 atom stereocenters. The summed E-state index contributed by atoms with van der Waals surface area (Å²) in [6, 6.07) is 7.10. The van der Waals surface area contributed by atoms with E-state index in [0.29, 0.717) is 18.8 Å². The van der Waals surface area contributed by atoms with Crippen LogP contribution in [-0.4, -0.2) is 35.1 Å². The van der Waals surface area contributed by atoms with Crippen LogP contribution in [0.15, 0.2) is 30.5 Å². The van der Waals surface area contributed by atoms with Crippen molar-refractivity contribution in [1.82, 2.24) is 15.1 Å². The van der Waals surface area contributed by atoms with Gasteiger partial charge in [0.05, 0.1) is 12.3 Å². The van der Waals surface area contributed by atoms with Crippen molar-refractivity contribution in [1.29, 1.82) is 0 Å². The van der Waals surface area contributed by atoms with Gasteiger partial charge in [-0.2, -0.15) is 5.10 Å². The smallest absolute Gasteiger partial charge is 0.319 e. The molecule has 0 radical (unpaired) electrons. The van der Waals surface area contributed by atoms with Gasteiger partial charge in [-0.05, 0) is 50.5 Å². The summed E-state index contributed by atoms with van der Waals surface area (Å²) in [6.07, 6.45) is 5.33. The van der Waals surface area contributed by atoms with Gasteiger partial charge < -0.3 is 20.1 Å². The Morgan fingerprint density at radius 2 is 2.15 bits per heavy atom. The molecule has 0 aliphatic carbocycles. The van der Waals surface area contributed by atoms with Gasteiger partial charge in [0.1, 0.15) is 12.4 Å². The Bertz CT molecular complexity index is 721. The molecule has 1 aliphatic heterocycles. The van der Waals surface area contributed by atoms with Gasteiger partial charge in [0.15, 0.2) is 0 Å². The fraction of sp³-hybridized carbons (Fsp3) is 0.474. The second kappa shape index (κ2) is 8.71. The molecule has 1 fully saturated rings. The first-order chi connectivity index (χ1) is 12.6. The van der Waals surface area contributed by atoms with Gasteiger partial charge in [0, 0.05) is 37.1 Å². The minimum atomic E-state index is -0.252. The lowest BCUT2D eigenvalue weighted by atomic mass is 10.1. The molecule has 140 valence electrons. The number of amides is 2. The van der Waals surface area contributed by atoms with Crippen LogP contribution in [0.25, 0.3) is 0 Å². The van der Waals surface area contributed by atoms with Crippen LogP contribution in [0.5, 0.6) is 5.75 Å². The maximum absolute atomic E-state index is 12.0. The summed E-state index contributed by atoms with van der Waals surface area (Å²) in [6.45, 7) is 3.80. The van der Waals surface area contributed by atoms with Crippen molar-refractivity contribution >= 4 is 11.7 Å². The van der Waals surface area contributed by atoms with E-state index in [4.69, 9.17) is 9.47 Å². The number of carbonyl (C=O) groups excluding carboxylic acids is 1. The van der Waals surface area contributed by atoms with E-state index in [1.54, 1.807) is 10.9 Å². The van der Waals surface area contributed by atoms with Gasteiger partial charge in [-0.3, -0.25) is 4.68 Å². The molecular weight excluding hydrogens is 332 g/mol. The maximum Gasteiger partial charge on any atom is 0.319 e. The zero-order chi connectivity index (χ0) is 18.4. The van der Waals surface area contributed by atoms with E-state index < -0.39 is 0 Å². The Hall–Kier alpha value is -2.54. The molecule has 3 rings (SSSR count). The molecule has 7 nitrogen and oxygen atoms in total. The fourth-order valence-corrected chi connectivity index (χ4v) is 2.83. The number of hydrogen-bond acceptors (Lipinski definition) is 4. The summed E-state index contributed by atoms with van der Waals surface area (Å²) in [5.74, 6) is 0.774. The monoisotopic (exact) mass is 358 g/mol. The second-order valence-electron chi connectivity index (χ2n) is 6.51. The van der Waals surface area contributed by atoms with Gasteiger partial charge in [-0.15, -0.1) is 0 Å². The summed E-state index contributed by atoms with van der Waals surface area (Å²) in [7, 11) is 1.88. The molecule has 1 aromatic carbocycles. The Balaban J connectivity index is 1.43. The third-order valence-corrected chi connectivity index (χ3v) is 4.60. The van der Waals surface area contributed by atoms with Crippen LogP contribution >= 0.6 is 0 Å². The van der Waals surface area contributed by atoms with E-state index in [-0.39, 0.29) is 12.1 Å². The largest absolute Gasteiger partial charge is 0.491 e. The van der Waals surface area contributed by atoms with Gasteiger partial charge in [0.2, 0.25) is 0 Å². The van der Waals surface area contributed by atoms with Crippen LogP contribution in [0.3, 0.4) is 0 Å². The van der Waals surface area contributed by atoms with Gasteiger partial charge >= 0.3 is 6.03 Å². The predicted octanol–water partition coefficient (Wildman–Crippen LogP) is 3.00. The van der Waals surface area contributed by atoms with Crippen molar-refractivity contribution in [2.75, 3.05) is 18.5 Å². The number of aryl methyl sites for hydroxylation is 1. The highest BCUT2D eigenvalue weighted by molar-refractivity contribution is 5.89. The van der Waals surface area contributed by atoms with E-state index in [2.05, 4.69) is 15.7 Å². The molecule has 0 unspecified atom stereocenters. The van der Waals surface area contributed by atoms with E-state index in [0.717, 1.165) is 36.5 Å². The number of nitrogens with zero attached hydrogens (tertiary/aromatic N) is 2. The number of nitrogens with one attached hydrogen (secondary N) is 2. The minimum absolute atomic E-state index is 0.184. The average molecular weight is 358 g/mol. The highest BCUT2D eigenvalue weighted by atomic mass is 16.5. The lowest BCUT2D eigenvalue weighted by Crippen LogP contribution is -2.28. The number of ether oxygens (including phenoxy) is 2. The summed E-state index contributed by atoms with van der Waals surface area (Å²) in [4.78, 5) is 12.0. The number of rotatable bonds is 6. The van der Waals surface area contributed by atoms with Crippen molar-refractivity contribution in [2.45, 2.75) is 38.8 Å². The number of aromatic nitrogens is 2. The van der Waals surface area contributed by atoms with Crippen LogP contribution in [0.4, 0.5) is 10.5 Å². The molecule has 0 spiro atoms. The standard InChI is InChI=1S/C19H26N4O3/c1-14-15(12-21-23(14)2)11-20-19(24)22-16-6-8-17(9-7-16)26-13-18-5-3-4-10-25-18/h6-9,12,18H,3-5,10-11,13H2,1-2H3,(H2,20,22,24)/t18-/m0/s1. The lowest BCUT2D eigenvalue weighted by Gasteiger charge is -2.22. The van der Waals surface area contributed by atoms with Crippen molar-refractivity contribution in [3.63, 3.8) is 0 Å². The maximum atomic E-state index is 12.0. The first-order valence-corrected chi connectivity index (χ1v) is 8.98. The molecule has 7 heteroatoms. The third kappa shape index (κ3) is 4.98. The minimum Gasteiger partial charge on any atom is -0.491 e. The van der Waals surface area contributed by atoms with Gasteiger partial charge in [-0.25, -0.2) is 4.79 Å². The number of urea groups is 1. The first kappa shape index (κ1) is 18.3. The molecule has 1 aromatic heterocycles. The van der Waals surface area contributed by atoms with Crippen LogP contribution in [0, 0.1) is 6.92 Å². The molecular formula is C19H26N4O3. The summed E-state index contributed by atoms with van der Waals surface area (Å²) in [5, 5.41) is 9.81. The normalized spacial score (nSPS) is 16.9. The summed E-state index contributed by atoms with van der Waals surface area (Å²) >= 11 is 0. The highest BCUT2D eigenvalue weighted by Crippen LogP contribution is 2.18. The number of hydrogen-bond donors (Lipinski definition) is 2. The number of carbonyl (C=O) groups is 1. The molecule has 1 saturated heterocycles. The Labute approximate surface area is 153 Å². The molecule has 0 saturated carbocycles. The second-order valence-corrected chi connectivity index (χ2v) is 6.51. The Kier molecular flexibility index (Phi) is 6.12. The summed E-state index contributed by atoms with van der Waals surface area (Å²) in [5.41, 5.74) is 2.75. The molecule has 1 aliphatic rings. The van der Waals surface area contributed by atoms with Gasteiger partial charge in [0.25, 0.3) is 0 Å². The lowest BCUT2D eigenvalue weighted by molar-refractivity contribution is -0.0110. The summed E-state index contributed by atoms with van der Waals surface area (Å²) < 4.78 is 13.2. The third-order valence-electron chi connectivity index (χ3n) is 4.60. The number of anilines is 1. The van der Waals surface area contributed by atoms with Crippen molar-refractivity contribution in [2.24, 2.45) is 7.05 Å². The molecule has 2 N–H and O–H groups in total. The van der Waals surface area contributed by atoms with Crippen LogP contribution < -0.4 is 15.4 Å². The van der Waals surface area contributed by atoms with E-state index in [1.807, 2.05) is 38.2 Å². The van der Waals surface area contributed by atoms with Crippen LogP contribution in [0.2, 0.25) is 0 Å². The van der Waals surface area contributed by atoms with Crippen molar-refractivity contribution in [3.8, 4) is 5.75 Å². The quantitative estimate of drug-likeness (QED) is 0.832.